The number of rotatable bonds is 11. The van der Waals surface area contributed by atoms with E-state index < -0.39 is 43.4 Å². The molecule has 2 saturated heterocycles. The largest absolute Gasteiger partial charge is 0.479 e. The number of phosphoric acid groups is 1. The van der Waals surface area contributed by atoms with E-state index in [9.17, 15) is 14.2 Å². The molecule has 15 nitrogen and oxygen atoms in total. The van der Waals surface area contributed by atoms with Crippen LogP contribution in [0.25, 0.3) is 11.2 Å². The van der Waals surface area contributed by atoms with Crippen LogP contribution in [0.2, 0.25) is 0 Å². The van der Waals surface area contributed by atoms with Gasteiger partial charge >= 0.3 is 13.9 Å². The number of anilines is 1. The second-order valence-corrected chi connectivity index (χ2v) is 12.8. The summed E-state index contributed by atoms with van der Waals surface area (Å²) < 4.78 is 62.9. The number of amides is 1. The molecule has 228 valence electrons. The maximum absolute atomic E-state index is 16.2. The summed E-state index contributed by atoms with van der Waals surface area (Å²) in [6.07, 6.45) is -2.31. The van der Waals surface area contributed by atoms with Crippen molar-refractivity contribution in [3.8, 4) is 5.88 Å². The number of nitrogens with zero attached hydrogens (tertiary/aromatic N) is 4. The second-order valence-electron chi connectivity index (χ2n) is 10.1. The number of imidazole rings is 1. The number of nitrogens with one attached hydrogen (secondary N) is 1. The molecule has 2 fully saturated rings. The molecule has 2 aliphatic heterocycles. The molecule has 41 heavy (non-hydrogen) atoms. The summed E-state index contributed by atoms with van der Waals surface area (Å²) in [4.78, 5) is 36.4. The molecule has 5 atom stereocenters. The number of hydrogen-bond acceptors (Lipinski definition) is 14. The number of carbonyl (C=O) groups excluding carboxylic acids is 2. The fraction of sp³-hybridized carbons (Fsp3) is 0.696. The summed E-state index contributed by atoms with van der Waals surface area (Å²) in [5.74, 6) is 0.166. The van der Waals surface area contributed by atoms with Crippen LogP contribution in [0.4, 0.5) is 15.1 Å². The van der Waals surface area contributed by atoms with E-state index in [1.54, 1.807) is 20.8 Å². The van der Waals surface area contributed by atoms with E-state index in [0.29, 0.717) is 6.42 Å². The Bertz CT molecular complexity index is 1330. The van der Waals surface area contributed by atoms with Crippen LogP contribution in [-0.4, -0.2) is 87.8 Å². The van der Waals surface area contributed by atoms with Crippen molar-refractivity contribution >= 4 is 47.9 Å². The zero-order valence-electron chi connectivity index (χ0n) is 23.3. The van der Waals surface area contributed by atoms with Crippen molar-refractivity contribution in [3.05, 3.63) is 6.33 Å². The number of carbonyl (C=O) groups is 2. The third-order valence-corrected chi connectivity index (χ3v) is 9.22. The third kappa shape index (κ3) is 6.75. The fourth-order valence-electron chi connectivity index (χ4n) is 4.37. The number of thioether (sulfide) groups is 1. The molecule has 18 heteroatoms. The van der Waals surface area contributed by atoms with Gasteiger partial charge in [0.1, 0.15) is 12.2 Å². The van der Waals surface area contributed by atoms with Gasteiger partial charge in [0, 0.05) is 17.7 Å². The second kappa shape index (κ2) is 12.4. The average Bonchev–Trinajstić information content (AvgIpc) is 3.43. The maximum Gasteiger partial charge on any atom is 0.475 e. The van der Waals surface area contributed by atoms with Crippen LogP contribution in [0, 0.1) is 5.41 Å². The summed E-state index contributed by atoms with van der Waals surface area (Å²) in [7, 11) is -2.77. The first-order valence-corrected chi connectivity index (χ1v) is 15.3. The van der Waals surface area contributed by atoms with Crippen molar-refractivity contribution in [1.29, 1.82) is 0 Å². The van der Waals surface area contributed by atoms with Crippen molar-refractivity contribution in [2.45, 2.75) is 58.2 Å². The molecule has 4 rings (SSSR count). The Hall–Kier alpha value is -2.56. The van der Waals surface area contributed by atoms with E-state index in [4.69, 9.17) is 33.5 Å². The van der Waals surface area contributed by atoms with Gasteiger partial charge in [-0.3, -0.25) is 22.9 Å². The minimum absolute atomic E-state index is 0.0994. The van der Waals surface area contributed by atoms with Crippen LogP contribution in [0.3, 0.4) is 0 Å². The number of alkyl halides is 1. The number of aromatic nitrogens is 4. The van der Waals surface area contributed by atoms with Crippen molar-refractivity contribution in [2.24, 2.45) is 5.41 Å². The van der Waals surface area contributed by atoms with Gasteiger partial charge in [-0.1, -0.05) is 25.6 Å². The number of methoxy groups -OCH3 is 1. The van der Waals surface area contributed by atoms with Crippen LogP contribution >= 0.6 is 19.6 Å². The van der Waals surface area contributed by atoms with Gasteiger partial charge in [-0.25, -0.2) is 18.7 Å². The zero-order chi connectivity index (χ0) is 30.0. The molecular formula is C23H34FN6O9PS. The van der Waals surface area contributed by atoms with Crippen LogP contribution in [0.15, 0.2) is 6.33 Å². The van der Waals surface area contributed by atoms with Crippen LogP contribution in [-0.2, 0) is 32.4 Å². The Morgan fingerprint density at radius 3 is 2.85 bits per heavy atom. The molecule has 0 aromatic carbocycles. The molecule has 3 N–H and O–H groups in total. The highest BCUT2D eigenvalue weighted by molar-refractivity contribution is 8.13. The molecule has 0 radical (unpaired) electrons. The van der Waals surface area contributed by atoms with Crippen LogP contribution in [0.1, 0.15) is 40.3 Å². The fourth-order valence-corrected chi connectivity index (χ4v) is 6.80. The number of hydrogen-bond donors (Lipinski definition) is 2. The van der Waals surface area contributed by atoms with Gasteiger partial charge in [0.25, 0.3) is 0 Å². The molecule has 2 aromatic heterocycles. The molecule has 0 unspecified atom stereocenters. The molecule has 0 saturated carbocycles. The number of nitrogens with two attached hydrogens (primary N) is 1. The van der Waals surface area contributed by atoms with Gasteiger partial charge in [-0.2, -0.15) is 9.97 Å². The predicted molar refractivity (Wildman–Crippen MR) is 145 cm³/mol. The third-order valence-electron chi connectivity index (χ3n) is 6.59. The van der Waals surface area contributed by atoms with Gasteiger partial charge in [0.15, 0.2) is 28.2 Å². The molecule has 2 aliphatic rings. The topological polar surface area (TPSA) is 188 Å². The lowest BCUT2D eigenvalue weighted by Crippen LogP contribution is -2.44. The monoisotopic (exact) mass is 620 g/mol. The first-order valence-electron chi connectivity index (χ1n) is 12.8. The number of fused-ring (bicyclic) bond motifs is 2. The Kier molecular flexibility index (Phi) is 9.45. The van der Waals surface area contributed by atoms with E-state index in [1.165, 1.54) is 24.9 Å². The molecule has 1 amide bonds. The van der Waals surface area contributed by atoms with Gasteiger partial charge in [-0.05, 0) is 20.3 Å². The number of phosphoric ester groups is 1. The van der Waals surface area contributed by atoms with E-state index >= 15 is 4.39 Å². The maximum atomic E-state index is 16.2. The number of alkyl carbamates (subject to hydrolysis) is 1. The number of ether oxygens (including phenoxy) is 3. The summed E-state index contributed by atoms with van der Waals surface area (Å²) in [6.45, 7) is 6.57. The molecule has 0 bridgehead atoms. The van der Waals surface area contributed by atoms with Crippen LogP contribution < -0.4 is 15.8 Å². The van der Waals surface area contributed by atoms with E-state index in [-0.39, 0.29) is 60.2 Å². The minimum Gasteiger partial charge on any atom is -0.479 e. The first kappa shape index (κ1) is 31.4. The highest BCUT2D eigenvalue weighted by Crippen LogP contribution is 2.59. The molecule has 4 heterocycles. The van der Waals surface area contributed by atoms with Crippen LogP contribution in [0.5, 0.6) is 5.88 Å². The van der Waals surface area contributed by atoms with Crippen molar-refractivity contribution in [2.75, 3.05) is 45.0 Å². The number of halogens is 1. The number of nitrogen functional groups attached to an aromatic ring is 1. The lowest BCUT2D eigenvalue weighted by atomic mass is 9.91. The standard InChI is InChI=1S/C23H34FN6O9PS/c1-6-35-21(32)26-8-7-22(2,3)19(31)41-10-9-36-40(33)37-11-13-15(39-40)23(4,24)18(38-13)30-12-27-14-16(30)28-20(25)29-17(14)34-5/h12-13,15,18H,6-11H2,1-5H3,(H,26,32)(H2,25,28,29)/t13-,15-,18-,23-,40+/m1/s1. The van der Waals surface area contributed by atoms with E-state index in [0.717, 1.165) is 11.8 Å². The predicted octanol–water partition coefficient (Wildman–Crippen LogP) is 3.00. The van der Waals surface area contributed by atoms with Crippen molar-refractivity contribution < 1.29 is 46.3 Å². The quantitative estimate of drug-likeness (QED) is 0.275. The Morgan fingerprint density at radius 1 is 1.39 bits per heavy atom. The average molecular weight is 621 g/mol. The summed E-state index contributed by atoms with van der Waals surface area (Å²) in [6, 6.07) is 0. The van der Waals surface area contributed by atoms with Gasteiger partial charge in [-0.15, -0.1) is 0 Å². The minimum atomic E-state index is -4.17. The highest BCUT2D eigenvalue weighted by atomic mass is 32.2. The van der Waals surface area contributed by atoms with Crippen molar-refractivity contribution in [1.82, 2.24) is 24.8 Å². The Labute approximate surface area is 239 Å². The summed E-state index contributed by atoms with van der Waals surface area (Å²) in [5.41, 5.74) is 3.26. The lowest BCUT2D eigenvalue weighted by molar-refractivity contribution is -0.118. The van der Waals surface area contributed by atoms with E-state index in [1.807, 2.05) is 0 Å². The normalized spacial score (nSPS) is 27.9. The zero-order valence-corrected chi connectivity index (χ0v) is 25.0. The molecule has 0 spiro atoms. The van der Waals surface area contributed by atoms with E-state index in [2.05, 4.69) is 20.3 Å². The first-order chi connectivity index (χ1) is 19.3. The summed E-state index contributed by atoms with van der Waals surface area (Å²) >= 11 is 0.981. The molecule has 2 aromatic rings. The van der Waals surface area contributed by atoms with Gasteiger partial charge in [0.2, 0.25) is 11.8 Å². The molecular weight excluding hydrogens is 586 g/mol. The summed E-state index contributed by atoms with van der Waals surface area (Å²) in [5, 5.41) is 2.44. The SMILES string of the molecule is CCOC(=O)NCCC(C)(C)C(=O)SCCO[P@@]1(=O)OC[C@H]2O[C@@H](n3cnc4c(OC)nc(N)nc43)[C@](C)(F)[C@@H]2O1. The van der Waals surface area contributed by atoms with Crippen molar-refractivity contribution in [3.63, 3.8) is 0 Å². The Morgan fingerprint density at radius 2 is 2.15 bits per heavy atom. The smallest absolute Gasteiger partial charge is 0.475 e. The van der Waals surface area contributed by atoms with Gasteiger partial charge < -0.3 is 25.3 Å². The molecule has 0 aliphatic carbocycles. The van der Waals surface area contributed by atoms with Gasteiger partial charge in [0.05, 0.1) is 33.3 Å². The Balaban J connectivity index is 1.33. The lowest BCUT2D eigenvalue weighted by Gasteiger charge is -2.33. The highest BCUT2D eigenvalue weighted by Gasteiger charge is 2.61.